The number of ether oxygens (including phenoxy) is 1. The Morgan fingerprint density at radius 2 is 2.10 bits per heavy atom. The number of halogens is 3. The van der Waals surface area contributed by atoms with Gasteiger partial charge in [0.25, 0.3) is 11.8 Å². The molecule has 2 aromatic rings. The summed E-state index contributed by atoms with van der Waals surface area (Å²) in [6, 6.07) is 6.48. The summed E-state index contributed by atoms with van der Waals surface area (Å²) in [5, 5.41) is 5.60. The minimum absolute atomic E-state index is 0.0457. The van der Waals surface area contributed by atoms with E-state index in [4.69, 9.17) is 16.3 Å². The molecule has 0 bridgehead atoms. The van der Waals surface area contributed by atoms with Crippen LogP contribution >= 0.6 is 11.6 Å². The molecular weight excluding hydrogens is 430 g/mol. The van der Waals surface area contributed by atoms with E-state index in [-0.39, 0.29) is 54.0 Å². The van der Waals surface area contributed by atoms with Gasteiger partial charge in [0.05, 0.1) is 12.7 Å². The average Bonchev–Trinajstić information content (AvgIpc) is 3.00. The van der Waals surface area contributed by atoms with Gasteiger partial charge in [-0.2, -0.15) is 4.98 Å². The van der Waals surface area contributed by atoms with Crippen LogP contribution in [0.25, 0.3) is 0 Å². The van der Waals surface area contributed by atoms with E-state index in [0.29, 0.717) is 24.3 Å². The van der Waals surface area contributed by atoms with Crippen LogP contribution in [0.1, 0.15) is 45.5 Å². The van der Waals surface area contributed by atoms with Crippen LogP contribution in [-0.4, -0.2) is 42.9 Å². The number of pyridine rings is 1. The van der Waals surface area contributed by atoms with Gasteiger partial charge in [0, 0.05) is 43.7 Å². The predicted octanol–water partition coefficient (Wildman–Crippen LogP) is 3.86. The lowest BCUT2D eigenvalue weighted by molar-refractivity contribution is -0.0102. The molecule has 1 aromatic heterocycles. The largest absolute Gasteiger partial charge is 0.480 e. The second-order valence-corrected chi connectivity index (χ2v) is 7.96. The first-order valence-electron chi connectivity index (χ1n) is 9.87. The van der Waals surface area contributed by atoms with Gasteiger partial charge in [-0.05, 0) is 30.2 Å². The molecule has 1 saturated heterocycles. The number of nitrogens with one attached hydrogen (secondary N) is 2. The topological polar surface area (TPSA) is 83.6 Å². The monoisotopic (exact) mass is 450 g/mol. The Labute approximate surface area is 182 Å². The van der Waals surface area contributed by atoms with E-state index in [0.717, 1.165) is 5.56 Å². The lowest BCUT2D eigenvalue weighted by Crippen LogP contribution is -2.29. The summed E-state index contributed by atoms with van der Waals surface area (Å²) in [6.45, 7) is 0.820. The molecule has 0 atom stereocenters. The summed E-state index contributed by atoms with van der Waals surface area (Å²) in [6.07, 6.45) is -0.284. The number of rotatable bonds is 4. The molecule has 0 radical (unpaired) electrons. The first-order valence-corrected chi connectivity index (χ1v) is 10.2. The van der Waals surface area contributed by atoms with E-state index in [1.54, 1.807) is 23.1 Å². The Morgan fingerprint density at radius 3 is 2.87 bits per heavy atom. The van der Waals surface area contributed by atoms with Crippen molar-refractivity contribution in [3.63, 3.8) is 0 Å². The quantitative estimate of drug-likeness (QED) is 0.739. The Morgan fingerprint density at radius 1 is 1.29 bits per heavy atom. The third kappa shape index (κ3) is 4.41. The average molecular weight is 451 g/mol. The third-order valence-corrected chi connectivity index (χ3v) is 5.70. The Balaban J connectivity index is 1.65. The molecule has 0 aliphatic carbocycles. The Hall–Kier alpha value is -2.94. The summed E-state index contributed by atoms with van der Waals surface area (Å²) >= 11 is 6.20. The molecule has 2 aliphatic heterocycles. The van der Waals surface area contributed by atoms with Gasteiger partial charge in [-0.1, -0.05) is 17.7 Å². The first kappa shape index (κ1) is 21.3. The molecule has 3 heterocycles. The first-order chi connectivity index (χ1) is 14.8. The van der Waals surface area contributed by atoms with Gasteiger partial charge in [0.1, 0.15) is 10.8 Å². The predicted molar refractivity (Wildman–Crippen MR) is 112 cm³/mol. The number of hydrogen-bond donors (Lipinski definition) is 2. The van der Waals surface area contributed by atoms with Crippen molar-refractivity contribution in [1.29, 1.82) is 0 Å². The van der Waals surface area contributed by atoms with Crippen molar-refractivity contribution in [2.75, 3.05) is 30.4 Å². The zero-order chi connectivity index (χ0) is 22.2. The number of anilines is 2. The minimum Gasteiger partial charge on any atom is -0.480 e. The van der Waals surface area contributed by atoms with E-state index in [1.165, 1.54) is 13.2 Å². The molecule has 0 saturated carbocycles. The molecule has 0 unspecified atom stereocenters. The highest BCUT2D eigenvalue weighted by Crippen LogP contribution is 2.34. The number of fused-ring (bicyclic) bond motifs is 1. The Bertz CT molecular complexity index is 1050. The summed E-state index contributed by atoms with van der Waals surface area (Å²) in [7, 11) is 1.39. The number of aromatic nitrogens is 1. The van der Waals surface area contributed by atoms with Gasteiger partial charge in [-0.3, -0.25) is 9.59 Å². The molecule has 2 N–H and O–H groups in total. The van der Waals surface area contributed by atoms with E-state index >= 15 is 0 Å². The number of nitrogens with zero attached hydrogens (tertiary/aromatic N) is 2. The van der Waals surface area contributed by atoms with E-state index in [9.17, 15) is 18.4 Å². The molecule has 10 heteroatoms. The Kier molecular flexibility index (Phi) is 5.70. The van der Waals surface area contributed by atoms with E-state index in [2.05, 4.69) is 15.6 Å². The standard InChI is InChI=1S/C21H21ClF2N4O3/c1-31-20-16(22)10-15(17(27-20)28-7-2-5-21(23,24)6-8-28)19(30)26-13-4-3-12-11-25-18(29)14(12)9-13/h3-4,9-10H,2,5-8,11H2,1H3,(H,25,29)(H,26,30). The van der Waals surface area contributed by atoms with Crippen molar-refractivity contribution >= 4 is 34.9 Å². The van der Waals surface area contributed by atoms with Crippen LogP contribution in [-0.2, 0) is 6.54 Å². The second-order valence-electron chi connectivity index (χ2n) is 7.56. The number of carbonyl (C=O) groups excluding carboxylic acids is 2. The highest BCUT2D eigenvalue weighted by molar-refractivity contribution is 6.32. The molecule has 2 aliphatic rings. The fourth-order valence-corrected chi connectivity index (χ4v) is 4.01. The van der Waals surface area contributed by atoms with Crippen LogP contribution in [0, 0.1) is 0 Å². The van der Waals surface area contributed by atoms with Gasteiger partial charge in [0.2, 0.25) is 11.8 Å². The zero-order valence-electron chi connectivity index (χ0n) is 16.8. The zero-order valence-corrected chi connectivity index (χ0v) is 17.6. The van der Waals surface area contributed by atoms with Crippen LogP contribution in [0.4, 0.5) is 20.3 Å². The van der Waals surface area contributed by atoms with Gasteiger partial charge in [-0.25, -0.2) is 8.78 Å². The van der Waals surface area contributed by atoms with Crippen LogP contribution in [0.15, 0.2) is 24.3 Å². The number of alkyl halides is 2. The van der Waals surface area contributed by atoms with Crippen LogP contribution in [0.2, 0.25) is 5.02 Å². The van der Waals surface area contributed by atoms with Crippen molar-refractivity contribution in [3.05, 3.63) is 46.0 Å². The van der Waals surface area contributed by atoms with Gasteiger partial charge < -0.3 is 20.3 Å². The van der Waals surface area contributed by atoms with Crippen molar-refractivity contribution in [1.82, 2.24) is 10.3 Å². The number of amides is 2. The molecule has 0 spiro atoms. The van der Waals surface area contributed by atoms with Crippen molar-refractivity contribution in [2.24, 2.45) is 0 Å². The van der Waals surface area contributed by atoms with E-state index < -0.39 is 11.8 Å². The van der Waals surface area contributed by atoms with Crippen molar-refractivity contribution < 1.29 is 23.1 Å². The molecule has 164 valence electrons. The fraction of sp³-hybridized carbons (Fsp3) is 0.381. The molecule has 31 heavy (non-hydrogen) atoms. The molecule has 1 fully saturated rings. The molecule has 1 aromatic carbocycles. The lowest BCUT2D eigenvalue weighted by Gasteiger charge is -2.24. The number of carbonyl (C=O) groups is 2. The molecule has 7 nitrogen and oxygen atoms in total. The molecular formula is C21H21ClF2N4O3. The maximum Gasteiger partial charge on any atom is 0.259 e. The van der Waals surface area contributed by atoms with Crippen LogP contribution in [0.5, 0.6) is 5.88 Å². The number of hydrogen-bond acceptors (Lipinski definition) is 5. The van der Waals surface area contributed by atoms with Gasteiger partial charge >= 0.3 is 0 Å². The van der Waals surface area contributed by atoms with E-state index in [1.807, 2.05) is 0 Å². The second kappa shape index (κ2) is 8.30. The SMILES string of the molecule is COc1nc(N2CCCC(F)(F)CC2)c(C(=O)Nc2ccc3c(c2)C(=O)NC3)cc1Cl. The number of methoxy groups -OCH3 is 1. The lowest BCUT2D eigenvalue weighted by atomic mass is 10.1. The van der Waals surface area contributed by atoms with Crippen LogP contribution in [0.3, 0.4) is 0 Å². The van der Waals surface area contributed by atoms with Gasteiger partial charge in [0.15, 0.2) is 0 Å². The molecule has 2 amide bonds. The third-order valence-electron chi connectivity index (χ3n) is 5.43. The summed E-state index contributed by atoms with van der Waals surface area (Å²) in [5.74, 6) is -3.12. The smallest absolute Gasteiger partial charge is 0.259 e. The highest BCUT2D eigenvalue weighted by Gasteiger charge is 2.33. The fourth-order valence-electron chi connectivity index (χ4n) is 3.78. The normalized spacial score (nSPS) is 17.5. The minimum atomic E-state index is -2.75. The van der Waals surface area contributed by atoms with Crippen molar-refractivity contribution in [3.8, 4) is 5.88 Å². The summed E-state index contributed by atoms with van der Waals surface area (Å²) in [5.41, 5.74) is 1.92. The summed E-state index contributed by atoms with van der Waals surface area (Å²) in [4.78, 5) is 31.0. The summed E-state index contributed by atoms with van der Waals surface area (Å²) < 4.78 is 32.9. The maximum atomic E-state index is 13.8. The van der Waals surface area contributed by atoms with Gasteiger partial charge in [-0.15, -0.1) is 0 Å². The molecule has 4 rings (SSSR count). The van der Waals surface area contributed by atoms with Crippen LogP contribution < -0.4 is 20.3 Å². The maximum absolute atomic E-state index is 13.8. The highest BCUT2D eigenvalue weighted by atomic mass is 35.5. The number of benzene rings is 1. The van der Waals surface area contributed by atoms with Crippen molar-refractivity contribution in [2.45, 2.75) is 31.7 Å².